The minimum Gasteiger partial charge on any atom is -0.294 e. The molecule has 1 aromatic heterocycles. The van der Waals surface area contributed by atoms with E-state index in [1.165, 1.54) is 30.8 Å². The zero-order valence-corrected chi connectivity index (χ0v) is 15.0. The lowest BCUT2D eigenvalue weighted by molar-refractivity contribution is -0.384. The van der Waals surface area contributed by atoms with Gasteiger partial charge in [0.05, 0.1) is 10.6 Å². The average Bonchev–Trinajstić information content (AvgIpc) is 2.62. The van der Waals surface area contributed by atoms with Gasteiger partial charge in [-0.15, -0.1) is 0 Å². The lowest BCUT2D eigenvalue weighted by Crippen LogP contribution is -1.99. The molecule has 0 radical (unpaired) electrons. The highest BCUT2D eigenvalue weighted by molar-refractivity contribution is 7.99. The maximum absolute atomic E-state index is 11.9. The number of non-ortho nitro benzene ring substituents is 1. The van der Waals surface area contributed by atoms with Crippen LogP contribution in [0.5, 0.6) is 0 Å². The molecule has 6 nitrogen and oxygen atoms in total. The zero-order valence-electron chi connectivity index (χ0n) is 14.2. The molecule has 0 saturated heterocycles. The Balaban J connectivity index is 2.00. The van der Waals surface area contributed by atoms with Gasteiger partial charge in [-0.25, -0.2) is 9.97 Å². The molecule has 0 atom stereocenters. The van der Waals surface area contributed by atoms with Gasteiger partial charge < -0.3 is 0 Å². The summed E-state index contributed by atoms with van der Waals surface area (Å²) in [6, 6.07) is 15.8. The van der Waals surface area contributed by atoms with E-state index in [1.807, 2.05) is 43.3 Å². The second kappa shape index (κ2) is 7.45. The number of hydrogen-bond acceptors (Lipinski definition) is 6. The summed E-state index contributed by atoms with van der Waals surface area (Å²) in [5.41, 5.74) is 2.72. The van der Waals surface area contributed by atoms with Gasteiger partial charge in [-0.1, -0.05) is 30.3 Å². The Morgan fingerprint density at radius 2 is 1.81 bits per heavy atom. The first-order valence-electron chi connectivity index (χ1n) is 7.82. The Kier molecular flexibility index (Phi) is 5.09. The van der Waals surface area contributed by atoms with Crippen molar-refractivity contribution in [1.82, 2.24) is 9.97 Å². The van der Waals surface area contributed by atoms with E-state index in [2.05, 4.69) is 9.97 Å². The van der Waals surface area contributed by atoms with Crippen LogP contribution in [0.15, 0.2) is 64.6 Å². The molecule has 0 saturated carbocycles. The summed E-state index contributed by atoms with van der Waals surface area (Å²) in [5.74, 6) is -0.243. The molecule has 26 heavy (non-hydrogen) atoms. The summed E-state index contributed by atoms with van der Waals surface area (Å²) < 4.78 is 0. The number of aryl methyl sites for hydroxylation is 1. The van der Waals surface area contributed by atoms with Crippen LogP contribution < -0.4 is 0 Å². The highest BCUT2D eigenvalue weighted by Gasteiger charge is 2.16. The van der Waals surface area contributed by atoms with Crippen LogP contribution >= 0.6 is 11.8 Å². The first-order valence-corrected chi connectivity index (χ1v) is 8.64. The monoisotopic (exact) mass is 365 g/mol. The number of nitrogens with zero attached hydrogens (tertiary/aromatic N) is 3. The molecule has 0 bridgehead atoms. The molecule has 0 unspecified atom stereocenters. The van der Waals surface area contributed by atoms with E-state index in [1.54, 1.807) is 6.07 Å². The molecule has 1 heterocycles. The van der Waals surface area contributed by atoms with Crippen LogP contribution in [-0.2, 0) is 0 Å². The molecule has 7 heteroatoms. The molecule has 0 aliphatic carbocycles. The number of aromatic nitrogens is 2. The Hall–Kier alpha value is -3.06. The molecular weight excluding hydrogens is 350 g/mol. The van der Waals surface area contributed by atoms with Crippen LogP contribution in [0.25, 0.3) is 11.3 Å². The van der Waals surface area contributed by atoms with Crippen molar-refractivity contribution in [1.29, 1.82) is 0 Å². The molecule has 130 valence electrons. The van der Waals surface area contributed by atoms with Crippen LogP contribution in [0.2, 0.25) is 0 Å². The van der Waals surface area contributed by atoms with E-state index in [0.29, 0.717) is 10.1 Å². The average molecular weight is 365 g/mol. The van der Waals surface area contributed by atoms with E-state index in [4.69, 9.17) is 0 Å². The van der Waals surface area contributed by atoms with Gasteiger partial charge in [-0.3, -0.25) is 14.9 Å². The quantitative estimate of drug-likeness (QED) is 0.282. The SMILES string of the molecule is CC(=O)c1cc([N+](=O)[O-])ccc1Sc1nc(C)cc(-c2ccccc2)n1. The van der Waals surface area contributed by atoms with Crippen LogP contribution in [0.4, 0.5) is 5.69 Å². The minimum absolute atomic E-state index is 0.116. The molecule has 0 fully saturated rings. The topological polar surface area (TPSA) is 86.0 Å². The van der Waals surface area contributed by atoms with E-state index in [9.17, 15) is 14.9 Å². The van der Waals surface area contributed by atoms with E-state index in [0.717, 1.165) is 17.0 Å². The van der Waals surface area contributed by atoms with Crippen molar-refractivity contribution in [2.24, 2.45) is 0 Å². The Morgan fingerprint density at radius 3 is 2.46 bits per heavy atom. The molecule has 3 aromatic rings. The second-order valence-corrected chi connectivity index (χ2v) is 6.65. The number of carbonyl (C=O) groups is 1. The van der Waals surface area contributed by atoms with Crippen LogP contribution in [-0.4, -0.2) is 20.7 Å². The number of nitro benzene ring substituents is 1. The predicted octanol–water partition coefficient (Wildman–Crippen LogP) is 4.71. The van der Waals surface area contributed by atoms with Crippen molar-refractivity contribution >= 4 is 23.2 Å². The third-order valence-electron chi connectivity index (χ3n) is 3.66. The van der Waals surface area contributed by atoms with Crippen molar-refractivity contribution in [3.8, 4) is 11.3 Å². The van der Waals surface area contributed by atoms with Gasteiger partial charge in [0.15, 0.2) is 10.9 Å². The van der Waals surface area contributed by atoms with Gasteiger partial charge in [0.25, 0.3) is 5.69 Å². The molecule has 0 N–H and O–H groups in total. The zero-order chi connectivity index (χ0) is 18.7. The van der Waals surface area contributed by atoms with Crippen LogP contribution in [0, 0.1) is 17.0 Å². The summed E-state index contributed by atoms with van der Waals surface area (Å²) in [6.07, 6.45) is 0. The Bertz CT molecular complexity index is 991. The van der Waals surface area contributed by atoms with Crippen molar-refractivity contribution < 1.29 is 9.72 Å². The van der Waals surface area contributed by atoms with Gasteiger partial charge >= 0.3 is 0 Å². The molecule has 0 aliphatic heterocycles. The van der Waals surface area contributed by atoms with Gasteiger partial charge in [-0.05, 0) is 37.7 Å². The number of benzene rings is 2. The van der Waals surface area contributed by atoms with Gasteiger partial charge in [0.2, 0.25) is 0 Å². The summed E-state index contributed by atoms with van der Waals surface area (Å²) in [4.78, 5) is 31.9. The van der Waals surface area contributed by atoms with Crippen molar-refractivity contribution in [3.63, 3.8) is 0 Å². The lowest BCUT2D eigenvalue weighted by Gasteiger charge is -2.08. The highest BCUT2D eigenvalue weighted by atomic mass is 32.2. The first kappa shape index (κ1) is 17.8. The maximum Gasteiger partial charge on any atom is 0.270 e. The molecular formula is C19H15N3O3S. The number of carbonyl (C=O) groups excluding carboxylic acids is 1. The predicted molar refractivity (Wildman–Crippen MR) is 99.4 cm³/mol. The molecule has 0 amide bonds. The number of rotatable bonds is 5. The smallest absolute Gasteiger partial charge is 0.270 e. The summed E-state index contributed by atoms with van der Waals surface area (Å²) in [7, 11) is 0. The highest BCUT2D eigenvalue weighted by Crippen LogP contribution is 2.32. The maximum atomic E-state index is 11.9. The van der Waals surface area contributed by atoms with Crippen molar-refractivity contribution in [2.45, 2.75) is 23.9 Å². The van der Waals surface area contributed by atoms with Crippen molar-refractivity contribution in [3.05, 3.63) is 76.0 Å². The Morgan fingerprint density at radius 1 is 1.08 bits per heavy atom. The third kappa shape index (κ3) is 3.94. The fraction of sp³-hybridized carbons (Fsp3) is 0.105. The van der Waals surface area contributed by atoms with Gasteiger partial charge in [-0.2, -0.15) is 0 Å². The van der Waals surface area contributed by atoms with Crippen LogP contribution in [0.1, 0.15) is 23.0 Å². The van der Waals surface area contributed by atoms with E-state index < -0.39 is 4.92 Å². The largest absolute Gasteiger partial charge is 0.294 e. The summed E-state index contributed by atoms with van der Waals surface area (Å²) in [6.45, 7) is 3.26. The third-order valence-corrected chi connectivity index (χ3v) is 4.60. The molecule has 0 spiro atoms. The van der Waals surface area contributed by atoms with Gasteiger partial charge in [0.1, 0.15) is 0 Å². The number of nitro groups is 1. The number of hydrogen-bond donors (Lipinski definition) is 0. The van der Waals surface area contributed by atoms with Crippen molar-refractivity contribution in [2.75, 3.05) is 0 Å². The number of Topliss-reactive ketones (excluding diaryl/α,β-unsaturated/α-hetero) is 1. The Labute approximate surface area is 154 Å². The number of ketones is 1. The molecule has 0 aliphatic rings. The summed E-state index contributed by atoms with van der Waals surface area (Å²) >= 11 is 1.22. The lowest BCUT2D eigenvalue weighted by atomic mass is 10.1. The molecule has 3 rings (SSSR count). The van der Waals surface area contributed by atoms with Crippen LogP contribution in [0.3, 0.4) is 0 Å². The molecule has 2 aromatic carbocycles. The van der Waals surface area contributed by atoms with E-state index in [-0.39, 0.29) is 17.0 Å². The fourth-order valence-electron chi connectivity index (χ4n) is 2.44. The standard InChI is InChI=1S/C19H15N3O3S/c1-12-10-17(14-6-4-3-5-7-14)21-19(20-12)26-18-9-8-15(22(24)25)11-16(18)13(2)23/h3-11H,1-2H3. The minimum atomic E-state index is -0.516. The normalized spacial score (nSPS) is 10.5. The van der Waals surface area contributed by atoms with Gasteiger partial charge in [0, 0.05) is 33.8 Å². The fourth-order valence-corrected chi connectivity index (χ4v) is 3.42. The second-order valence-electron chi connectivity index (χ2n) is 5.64. The van der Waals surface area contributed by atoms with E-state index >= 15 is 0 Å². The summed E-state index contributed by atoms with van der Waals surface area (Å²) in [5, 5.41) is 11.4. The first-order chi connectivity index (χ1) is 12.4.